The highest BCUT2D eigenvalue weighted by molar-refractivity contribution is 6.31. The Morgan fingerprint density at radius 1 is 1.26 bits per heavy atom. The van der Waals surface area contributed by atoms with E-state index in [9.17, 15) is 4.39 Å². The molecule has 0 spiro atoms. The fraction of sp³-hybridized carbons (Fsp3) is 0.625. The lowest BCUT2D eigenvalue weighted by Crippen LogP contribution is -2.28. The van der Waals surface area contributed by atoms with E-state index in [0.29, 0.717) is 5.02 Å². The summed E-state index contributed by atoms with van der Waals surface area (Å²) in [6.45, 7) is 3.18. The Morgan fingerprint density at radius 3 is 2.42 bits per heavy atom. The molecule has 0 radical (unpaired) electrons. The van der Waals surface area contributed by atoms with Crippen LogP contribution in [0.3, 0.4) is 0 Å². The number of hydrogen-bond donors (Lipinski definition) is 1. The van der Waals surface area contributed by atoms with Gasteiger partial charge in [-0.05, 0) is 74.6 Å². The smallest absolute Gasteiger partial charge is 0.124 e. The molecule has 1 nitrogen and oxygen atoms in total. The van der Waals surface area contributed by atoms with Gasteiger partial charge in [-0.25, -0.2) is 4.39 Å². The monoisotopic (exact) mass is 281 g/mol. The van der Waals surface area contributed by atoms with Crippen molar-refractivity contribution < 1.29 is 4.39 Å². The number of halogens is 2. The van der Waals surface area contributed by atoms with Crippen LogP contribution in [-0.2, 0) is 0 Å². The van der Waals surface area contributed by atoms with Crippen LogP contribution in [0.4, 0.5) is 4.39 Å². The van der Waals surface area contributed by atoms with Gasteiger partial charge in [-0.15, -0.1) is 0 Å². The predicted octanol–water partition coefficient (Wildman–Crippen LogP) is 4.57. The maximum absolute atomic E-state index is 13.0. The van der Waals surface area contributed by atoms with Crippen molar-refractivity contribution in [2.45, 2.75) is 38.6 Å². The molecule has 19 heavy (non-hydrogen) atoms. The van der Waals surface area contributed by atoms with Crippen LogP contribution in [0.2, 0.25) is 5.02 Å². The van der Waals surface area contributed by atoms with Crippen LogP contribution in [0.1, 0.15) is 44.2 Å². The van der Waals surface area contributed by atoms with Crippen LogP contribution in [0, 0.1) is 23.6 Å². The van der Waals surface area contributed by atoms with Crippen molar-refractivity contribution in [1.82, 2.24) is 5.32 Å². The van der Waals surface area contributed by atoms with Crippen molar-refractivity contribution in [1.29, 1.82) is 0 Å². The van der Waals surface area contributed by atoms with Gasteiger partial charge in [0.05, 0.1) is 0 Å². The lowest BCUT2D eigenvalue weighted by Gasteiger charge is -2.21. The Labute approximate surface area is 119 Å². The van der Waals surface area contributed by atoms with Gasteiger partial charge in [-0.3, -0.25) is 0 Å². The Kier molecular flexibility index (Phi) is 3.81. The van der Waals surface area contributed by atoms with Crippen molar-refractivity contribution in [3.8, 4) is 0 Å². The second kappa shape index (κ2) is 5.41. The molecule has 0 bridgehead atoms. The fourth-order valence-electron chi connectivity index (χ4n) is 3.04. The topological polar surface area (TPSA) is 12.0 Å². The predicted molar refractivity (Wildman–Crippen MR) is 76.8 cm³/mol. The summed E-state index contributed by atoms with van der Waals surface area (Å²) < 4.78 is 13.0. The van der Waals surface area contributed by atoms with Crippen LogP contribution in [-0.4, -0.2) is 6.54 Å². The van der Waals surface area contributed by atoms with Crippen LogP contribution in [0.25, 0.3) is 0 Å². The summed E-state index contributed by atoms with van der Waals surface area (Å²) in [6.07, 6.45) is 5.64. The summed E-state index contributed by atoms with van der Waals surface area (Å²) in [6, 6.07) is 4.86. The van der Waals surface area contributed by atoms with Gasteiger partial charge in [0.2, 0.25) is 0 Å². The molecule has 1 atom stereocenters. The number of rotatable bonds is 6. The minimum atomic E-state index is -0.269. The first-order chi connectivity index (χ1) is 9.15. The zero-order valence-electron chi connectivity index (χ0n) is 11.3. The number of benzene rings is 1. The third-order valence-corrected chi connectivity index (χ3v) is 4.87. The molecule has 0 heterocycles. The lowest BCUT2D eigenvalue weighted by molar-refractivity contribution is 0.362. The minimum absolute atomic E-state index is 0.188. The molecule has 2 aliphatic rings. The molecule has 2 aliphatic carbocycles. The van der Waals surface area contributed by atoms with Gasteiger partial charge < -0.3 is 5.32 Å². The first kappa shape index (κ1) is 13.4. The van der Waals surface area contributed by atoms with E-state index in [1.54, 1.807) is 6.07 Å². The van der Waals surface area contributed by atoms with Crippen LogP contribution in [0.5, 0.6) is 0 Å². The largest absolute Gasteiger partial charge is 0.310 e. The first-order valence-corrected chi connectivity index (χ1v) is 7.71. The third kappa shape index (κ3) is 3.29. The van der Waals surface area contributed by atoms with E-state index >= 15 is 0 Å². The molecule has 2 fully saturated rings. The molecule has 0 aromatic heterocycles. The normalized spacial score (nSPS) is 20.8. The summed E-state index contributed by atoms with van der Waals surface area (Å²) in [4.78, 5) is 0. The van der Waals surface area contributed by atoms with E-state index in [-0.39, 0.29) is 11.9 Å². The fourth-order valence-corrected chi connectivity index (χ4v) is 3.37. The van der Waals surface area contributed by atoms with Crippen molar-refractivity contribution in [3.63, 3.8) is 0 Å². The Bertz CT molecular complexity index is 442. The molecule has 0 saturated heterocycles. The molecule has 1 aromatic rings. The minimum Gasteiger partial charge on any atom is -0.310 e. The summed E-state index contributed by atoms with van der Waals surface area (Å²) in [5.41, 5.74) is 0.994. The van der Waals surface area contributed by atoms with E-state index in [0.717, 1.165) is 29.9 Å². The van der Waals surface area contributed by atoms with E-state index in [1.807, 2.05) is 0 Å². The molecule has 2 saturated carbocycles. The molecule has 1 unspecified atom stereocenters. The highest BCUT2D eigenvalue weighted by Crippen LogP contribution is 2.49. The number of hydrogen-bond acceptors (Lipinski definition) is 1. The molecule has 0 aliphatic heterocycles. The standard InChI is InChI=1S/C16H21ClFN/c1-10(14-7-6-13(18)8-16(14)17)19-9-15(11-2-3-11)12-4-5-12/h6-8,10-12,15,19H,2-5,9H2,1H3. The van der Waals surface area contributed by atoms with Crippen molar-refractivity contribution in [3.05, 3.63) is 34.6 Å². The van der Waals surface area contributed by atoms with Gasteiger partial charge in [-0.1, -0.05) is 17.7 Å². The van der Waals surface area contributed by atoms with E-state index in [2.05, 4.69) is 12.2 Å². The Morgan fingerprint density at radius 2 is 1.89 bits per heavy atom. The molecule has 1 aromatic carbocycles. The highest BCUT2D eigenvalue weighted by atomic mass is 35.5. The average Bonchev–Trinajstić information content (AvgIpc) is 3.23. The van der Waals surface area contributed by atoms with E-state index in [1.165, 1.54) is 37.8 Å². The van der Waals surface area contributed by atoms with Gasteiger partial charge in [0, 0.05) is 11.1 Å². The molecule has 1 N–H and O–H groups in total. The molecule has 3 heteroatoms. The van der Waals surface area contributed by atoms with Gasteiger partial charge in [-0.2, -0.15) is 0 Å². The maximum Gasteiger partial charge on any atom is 0.124 e. The van der Waals surface area contributed by atoms with Gasteiger partial charge in [0.15, 0.2) is 0 Å². The van der Waals surface area contributed by atoms with Crippen molar-refractivity contribution in [2.75, 3.05) is 6.54 Å². The highest BCUT2D eigenvalue weighted by Gasteiger charge is 2.41. The second-order valence-electron chi connectivity index (χ2n) is 6.13. The zero-order chi connectivity index (χ0) is 13.4. The maximum atomic E-state index is 13.0. The molecular formula is C16H21ClFN. The summed E-state index contributed by atoms with van der Waals surface area (Å²) in [5.74, 6) is 2.49. The summed E-state index contributed by atoms with van der Waals surface area (Å²) in [7, 11) is 0. The molecule has 0 amide bonds. The Hall–Kier alpha value is -0.600. The van der Waals surface area contributed by atoms with Crippen molar-refractivity contribution >= 4 is 11.6 Å². The van der Waals surface area contributed by atoms with Crippen LogP contribution >= 0.6 is 11.6 Å². The summed E-state index contributed by atoms with van der Waals surface area (Å²) >= 11 is 6.11. The van der Waals surface area contributed by atoms with Crippen LogP contribution < -0.4 is 5.32 Å². The number of nitrogens with one attached hydrogen (secondary N) is 1. The first-order valence-electron chi connectivity index (χ1n) is 7.33. The quantitative estimate of drug-likeness (QED) is 0.806. The lowest BCUT2D eigenvalue weighted by atomic mass is 9.97. The summed E-state index contributed by atoms with van der Waals surface area (Å²) in [5, 5.41) is 4.12. The SMILES string of the molecule is CC(NCC(C1CC1)C1CC1)c1ccc(F)cc1Cl. The van der Waals surface area contributed by atoms with Gasteiger partial charge in [0.1, 0.15) is 5.82 Å². The second-order valence-corrected chi connectivity index (χ2v) is 6.54. The van der Waals surface area contributed by atoms with E-state index < -0.39 is 0 Å². The average molecular weight is 282 g/mol. The van der Waals surface area contributed by atoms with Crippen LogP contribution in [0.15, 0.2) is 18.2 Å². The molecule has 104 valence electrons. The van der Waals surface area contributed by atoms with Gasteiger partial charge in [0.25, 0.3) is 0 Å². The van der Waals surface area contributed by atoms with Crippen molar-refractivity contribution in [2.24, 2.45) is 17.8 Å². The molecular weight excluding hydrogens is 261 g/mol. The molecule has 3 rings (SSSR count). The van der Waals surface area contributed by atoms with E-state index in [4.69, 9.17) is 11.6 Å². The third-order valence-electron chi connectivity index (χ3n) is 4.54. The van der Waals surface area contributed by atoms with Gasteiger partial charge >= 0.3 is 0 Å². The zero-order valence-corrected chi connectivity index (χ0v) is 12.1. The Balaban J connectivity index is 1.59.